The van der Waals surface area contributed by atoms with E-state index in [0.717, 1.165) is 39.8 Å². The monoisotopic (exact) mass is 466 g/mol. The van der Waals surface area contributed by atoms with Gasteiger partial charge in [-0.3, -0.25) is 4.79 Å². The summed E-state index contributed by atoms with van der Waals surface area (Å²) < 4.78 is 10.1. The van der Waals surface area contributed by atoms with Crippen LogP contribution >= 0.6 is 11.6 Å². The first-order valence-electron chi connectivity index (χ1n) is 11.0. The van der Waals surface area contributed by atoms with Crippen LogP contribution in [0.4, 0.5) is 0 Å². The predicted molar refractivity (Wildman–Crippen MR) is 128 cm³/mol. The Morgan fingerprint density at radius 1 is 1.18 bits per heavy atom. The third kappa shape index (κ3) is 4.59. The zero-order chi connectivity index (χ0) is 23.5. The fourth-order valence-corrected chi connectivity index (χ4v) is 4.60. The zero-order valence-electron chi connectivity index (χ0n) is 19.0. The summed E-state index contributed by atoms with van der Waals surface area (Å²) in [7, 11) is 0. The van der Waals surface area contributed by atoms with Crippen LogP contribution in [0.1, 0.15) is 41.9 Å². The van der Waals surface area contributed by atoms with Crippen molar-refractivity contribution in [1.82, 2.24) is 19.6 Å². The molecule has 0 bridgehead atoms. The lowest BCUT2D eigenvalue weighted by Crippen LogP contribution is -2.20. The summed E-state index contributed by atoms with van der Waals surface area (Å²) in [6.45, 7) is 6.98. The molecule has 2 heterocycles. The summed E-state index contributed by atoms with van der Waals surface area (Å²) in [5.74, 6) is -0.177. The van der Waals surface area contributed by atoms with Crippen LogP contribution in [0.25, 0.3) is 10.9 Å². The second-order valence-electron chi connectivity index (χ2n) is 8.17. The number of aliphatic carboxylic acids is 1. The van der Waals surface area contributed by atoms with Gasteiger partial charge < -0.3 is 14.4 Å². The molecular weight excluding hydrogens is 440 g/mol. The molecule has 4 aromatic rings. The number of halogens is 1. The van der Waals surface area contributed by atoms with Crippen molar-refractivity contribution < 1.29 is 14.6 Å². The molecule has 1 atom stereocenters. The van der Waals surface area contributed by atoms with Crippen molar-refractivity contribution >= 4 is 28.5 Å². The molecular formula is C25H27ClN4O3. The molecule has 2 aromatic heterocycles. The fourth-order valence-electron chi connectivity index (χ4n) is 4.32. The standard InChI is InChI=1S/C25H27ClN4O3/c1-4-18(14-29-17(3)21(12-24(31)32)20-9-5-6-11-23(20)29)30-19(13-27-28-30)15-33-25-16(2)8-7-10-22(25)26/h5-11,13,18H,4,12,14-15H2,1-3H3,(H,31,32). The van der Waals surface area contributed by atoms with E-state index in [1.165, 1.54) is 0 Å². The number of carboxylic acid groups (broad SMARTS) is 1. The van der Waals surface area contributed by atoms with Crippen LogP contribution in [-0.4, -0.2) is 30.6 Å². The van der Waals surface area contributed by atoms with Crippen LogP contribution in [0.5, 0.6) is 5.75 Å². The average Bonchev–Trinajstić information content (AvgIpc) is 3.35. The van der Waals surface area contributed by atoms with Gasteiger partial charge in [-0.2, -0.15) is 0 Å². The largest absolute Gasteiger partial charge is 0.485 e. The third-order valence-electron chi connectivity index (χ3n) is 6.08. The van der Waals surface area contributed by atoms with Gasteiger partial charge in [-0.1, -0.05) is 54.1 Å². The van der Waals surface area contributed by atoms with Crippen molar-refractivity contribution in [2.45, 2.75) is 52.8 Å². The van der Waals surface area contributed by atoms with Gasteiger partial charge in [-0.15, -0.1) is 5.10 Å². The molecule has 0 fully saturated rings. The first kappa shape index (κ1) is 22.9. The molecule has 0 saturated heterocycles. The number of nitrogens with zero attached hydrogens (tertiary/aromatic N) is 4. The third-order valence-corrected chi connectivity index (χ3v) is 6.37. The Bertz CT molecular complexity index is 1270. The van der Waals surface area contributed by atoms with Crippen LogP contribution < -0.4 is 4.74 Å². The number of benzene rings is 2. The van der Waals surface area contributed by atoms with Gasteiger partial charge in [0.2, 0.25) is 0 Å². The van der Waals surface area contributed by atoms with E-state index in [1.807, 2.05) is 61.0 Å². The Kier molecular flexibility index (Phi) is 6.70. The molecule has 0 radical (unpaired) electrons. The summed E-state index contributed by atoms with van der Waals surface area (Å²) in [6.07, 6.45) is 2.53. The number of hydrogen-bond donors (Lipinski definition) is 1. The molecule has 0 amide bonds. The van der Waals surface area contributed by atoms with Gasteiger partial charge >= 0.3 is 5.97 Å². The molecule has 0 aliphatic carbocycles. The summed E-state index contributed by atoms with van der Waals surface area (Å²) >= 11 is 6.31. The summed E-state index contributed by atoms with van der Waals surface area (Å²) in [5.41, 5.74) is 4.65. The number of carbonyl (C=O) groups is 1. The van der Waals surface area contributed by atoms with Gasteiger partial charge in [-0.25, -0.2) is 4.68 Å². The van der Waals surface area contributed by atoms with E-state index in [2.05, 4.69) is 21.8 Å². The number of carboxylic acids is 1. The summed E-state index contributed by atoms with van der Waals surface area (Å²) in [6, 6.07) is 13.6. The van der Waals surface area contributed by atoms with E-state index >= 15 is 0 Å². The highest BCUT2D eigenvalue weighted by atomic mass is 35.5. The van der Waals surface area contributed by atoms with Crippen molar-refractivity contribution in [3.8, 4) is 5.75 Å². The minimum atomic E-state index is -0.835. The topological polar surface area (TPSA) is 82.2 Å². The number of aryl methyl sites for hydroxylation is 1. The summed E-state index contributed by atoms with van der Waals surface area (Å²) in [4.78, 5) is 11.5. The van der Waals surface area contributed by atoms with Crippen molar-refractivity contribution in [3.05, 3.63) is 76.2 Å². The highest BCUT2D eigenvalue weighted by molar-refractivity contribution is 6.32. The molecule has 8 heteroatoms. The molecule has 33 heavy (non-hydrogen) atoms. The number of para-hydroxylation sites is 2. The van der Waals surface area contributed by atoms with E-state index in [9.17, 15) is 9.90 Å². The Morgan fingerprint density at radius 2 is 1.97 bits per heavy atom. The first-order valence-corrected chi connectivity index (χ1v) is 11.3. The Hall–Kier alpha value is -3.32. The maximum Gasteiger partial charge on any atom is 0.307 e. The van der Waals surface area contributed by atoms with Crippen molar-refractivity contribution in [2.75, 3.05) is 0 Å². The van der Waals surface area contributed by atoms with Crippen molar-refractivity contribution in [2.24, 2.45) is 0 Å². The van der Waals surface area contributed by atoms with E-state index in [0.29, 0.717) is 23.9 Å². The van der Waals surface area contributed by atoms with Gasteiger partial charge in [0.25, 0.3) is 0 Å². The molecule has 7 nitrogen and oxygen atoms in total. The second-order valence-corrected chi connectivity index (χ2v) is 8.58. The highest BCUT2D eigenvalue weighted by Crippen LogP contribution is 2.30. The lowest BCUT2D eigenvalue weighted by molar-refractivity contribution is -0.136. The van der Waals surface area contributed by atoms with Crippen LogP contribution in [-0.2, 0) is 24.4 Å². The van der Waals surface area contributed by atoms with E-state index in [1.54, 1.807) is 6.20 Å². The molecule has 1 unspecified atom stereocenters. The molecule has 1 N–H and O–H groups in total. The summed E-state index contributed by atoms with van der Waals surface area (Å²) in [5, 5.41) is 19.4. The van der Waals surface area contributed by atoms with Gasteiger partial charge in [0, 0.05) is 23.1 Å². The van der Waals surface area contributed by atoms with Gasteiger partial charge in [0.1, 0.15) is 12.4 Å². The Labute approximate surface area is 197 Å². The van der Waals surface area contributed by atoms with Gasteiger partial charge in [0.15, 0.2) is 0 Å². The van der Waals surface area contributed by atoms with E-state index in [4.69, 9.17) is 16.3 Å². The average molecular weight is 467 g/mol. The molecule has 2 aromatic carbocycles. The molecule has 0 aliphatic rings. The number of aromatic nitrogens is 4. The van der Waals surface area contributed by atoms with Crippen molar-refractivity contribution in [3.63, 3.8) is 0 Å². The maximum absolute atomic E-state index is 11.5. The zero-order valence-corrected chi connectivity index (χ0v) is 19.7. The Balaban J connectivity index is 1.63. The number of ether oxygens (including phenoxy) is 1. The SMILES string of the molecule is CCC(Cn1c(C)c(CC(=O)O)c2ccccc21)n1nncc1COc1c(C)cccc1Cl. The fraction of sp³-hybridized carbons (Fsp3) is 0.320. The van der Waals surface area contributed by atoms with Gasteiger partial charge in [0.05, 0.1) is 29.4 Å². The van der Waals surface area contributed by atoms with Crippen LogP contribution in [0, 0.1) is 13.8 Å². The quantitative estimate of drug-likeness (QED) is 0.359. The van der Waals surface area contributed by atoms with Crippen LogP contribution in [0.15, 0.2) is 48.7 Å². The molecule has 0 spiro atoms. The second kappa shape index (κ2) is 9.67. The number of fused-ring (bicyclic) bond motifs is 1. The normalized spacial score (nSPS) is 12.2. The smallest absolute Gasteiger partial charge is 0.307 e. The van der Waals surface area contributed by atoms with Crippen LogP contribution in [0.3, 0.4) is 0 Å². The minimum Gasteiger partial charge on any atom is -0.485 e. The minimum absolute atomic E-state index is 0.00423. The molecule has 0 aliphatic heterocycles. The lowest BCUT2D eigenvalue weighted by Gasteiger charge is -2.21. The maximum atomic E-state index is 11.5. The number of hydrogen-bond acceptors (Lipinski definition) is 4. The molecule has 172 valence electrons. The Morgan fingerprint density at radius 3 is 2.70 bits per heavy atom. The molecule has 4 rings (SSSR count). The van der Waals surface area contributed by atoms with E-state index < -0.39 is 5.97 Å². The number of rotatable bonds is 9. The lowest BCUT2D eigenvalue weighted by atomic mass is 10.1. The molecule has 0 saturated carbocycles. The van der Waals surface area contributed by atoms with Crippen LogP contribution in [0.2, 0.25) is 5.02 Å². The first-order chi connectivity index (χ1) is 15.9. The van der Waals surface area contributed by atoms with Gasteiger partial charge in [-0.05, 0) is 43.5 Å². The predicted octanol–water partition coefficient (Wildman–Crippen LogP) is 5.36. The van der Waals surface area contributed by atoms with Crippen molar-refractivity contribution in [1.29, 1.82) is 0 Å². The van der Waals surface area contributed by atoms with E-state index in [-0.39, 0.29) is 12.5 Å². The highest BCUT2D eigenvalue weighted by Gasteiger charge is 2.21.